The van der Waals surface area contributed by atoms with E-state index in [1.807, 2.05) is 12.1 Å². The van der Waals surface area contributed by atoms with Crippen molar-refractivity contribution in [3.05, 3.63) is 22.2 Å². The molecule has 24 heavy (non-hydrogen) atoms. The van der Waals surface area contributed by atoms with E-state index in [0.717, 1.165) is 28.0 Å². The molecule has 2 rings (SSSR count). The van der Waals surface area contributed by atoms with Crippen LogP contribution >= 0.6 is 27.7 Å². The predicted molar refractivity (Wildman–Crippen MR) is 103 cm³/mol. The Kier molecular flexibility index (Phi) is 7.75. The normalized spacial score (nSPS) is 20.5. The SMILES string of the molecule is COc1cc(CSCC(=O)NC2CCCCC2C)c(OC)cc1Br. The van der Waals surface area contributed by atoms with Gasteiger partial charge in [-0.15, -0.1) is 11.8 Å². The number of amides is 1. The van der Waals surface area contributed by atoms with Crippen molar-refractivity contribution in [2.45, 2.75) is 44.4 Å². The second-order valence-electron chi connectivity index (χ2n) is 6.23. The maximum atomic E-state index is 12.2. The van der Waals surface area contributed by atoms with Gasteiger partial charge in [0.1, 0.15) is 11.5 Å². The van der Waals surface area contributed by atoms with E-state index in [4.69, 9.17) is 9.47 Å². The van der Waals surface area contributed by atoms with Crippen LogP contribution in [0.5, 0.6) is 11.5 Å². The van der Waals surface area contributed by atoms with Crippen molar-refractivity contribution in [1.29, 1.82) is 0 Å². The van der Waals surface area contributed by atoms with E-state index in [1.54, 1.807) is 26.0 Å². The van der Waals surface area contributed by atoms with Gasteiger partial charge in [-0.3, -0.25) is 4.79 Å². The Morgan fingerprint density at radius 2 is 1.96 bits per heavy atom. The highest BCUT2D eigenvalue weighted by atomic mass is 79.9. The van der Waals surface area contributed by atoms with Crippen LogP contribution in [0.15, 0.2) is 16.6 Å². The van der Waals surface area contributed by atoms with Gasteiger partial charge >= 0.3 is 0 Å². The number of ether oxygens (including phenoxy) is 2. The maximum Gasteiger partial charge on any atom is 0.230 e. The molecule has 0 aliphatic heterocycles. The molecule has 4 nitrogen and oxygen atoms in total. The van der Waals surface area contributed by atoms with E-state index in [-0.39, 0.29) is 5.91 Å². The molecule has 0 bridgehead atoms. The van der Waals surface area contributed by atoms with E-state index in [0.29, 0.717) is 23.5 Å². The Morgan fingerprint density at radius 1 is 1.25 bits per heavy atom. The summed E-state index contributed by atoms with van der Waals surface area (Å²) in [6.45, 7) is 2.23. The van der Waals surface area contributed by atoms with E-state index in [2.05, 4.69) is 28.2 Å². The first-order chi connectivity index (χ1) is 11.5. The molecule has 1 fully saturated rings. The van der Waals surface area contributed by atoms with Crippen LogP contribution < -0.4 is 14.8 Å². The number of carbonyl (C=O) groups is 1. The van der Waals surface area contributed by atoms with Gasteiger partial charge in [0.25, 0.3) is 0 Å². The number of nitrogens with one attached hydrogen (secondary N) is 1. The van der Waals surface area contributed by atoms with Crippen molar-refractivity contribution >= 4 is 33.6 Å². The summed E-state index contributed by atoms with van der Waals surface area (Å²) in [6, 6.07) is 4.20. The van der Waals surface area contributed by atoms with Crippen LogP contribution in [-0.4, -0.2) is 31.9 Å². The molecule has 1 amide bonds. The highest BCUT2D eigenvalue weighted by Crippen LogP contribution is 2.34. The van der Waals surface area contributed by atoms with Gasteiger partial charge in [0.15, 0.2) is 0 Å². The minimum Gasteiger partial charge on any atom is -0.496 e. The van der Waals surface area contributed by atoms with Crippen molar-refractivity contribution < 1.29 is 14.3 Å². The molecule has 0 radical (unpaired) electrons. The Morgan fingerprint density at radius 3 is 2.62 bits per heavy atom. The fourth-order valence-corrected chi connectivity index (χ4v) is 4.37. The molecule has 1 aromatic carbocycles. The molecule has 0 saturated heterocycles. The van der Waals surface area contributed by atoms with E-state index >= 15 is 0 Å². The first kappa shape index (κ1) is 19.4. The topological polar surface area (TPSA) is 47.6 Å². The Hall–Kier alpha value is -0.880. The van der Waals surface area contributed by atoms with E-state index in [1.165, 1.54) is 19.3 Å². The lowest BCUT2D eigenvalue weighted by Gasteiger charge is -2.29. The van der Waals surface area contributed by atoms with Crippen molar-refractivity contribution in [3.63, 3.8) is 0 Å². The summed E-state index contributed by atoms with van der Waals surface area (Å²) >= 11 is 5.05. The van der Waals surface area contributed by atoms with E-state index < -0.39 is 0 Å². The second-order valence-corrected chi connectivity index (χ2v) is 8.07. The highest BCUT2D eigenvalue weighted by molar-refractivity contribution is 9.10. The van der Waals surface area contributed by atoms with Crippen molar-refractivity contribution in [2.75, 3.05) is 20.0 Å². The minimum atomic E-state index is 0.127. The molecular weight excluding hydrogens is 390 g/mol. The average molecular weight is 416 g/mol. The Labute approximate surface area is 157 Å². The zero-order chi connectivity index (χ0) is 17.5. The molecule has 2 unspecified atom stereocenters. The Bertz CT molecular complexity index is 567. The van der Waals surface area contributed by atoms with Gasteiger partial charge in [-0.05, 0) is 46.8 Å². The summed E-state index contributed by atoms with van der Waals surface area (Å²) in [5, 5.41) is 3.19. The van der Waals surface area contributed by atoms with Gasteiger partial charge in [-0.1, -0.05) is 19.8 Å². The Balaban J connectivity index is 1.86. The van der Waals surface area contributed by atoms with Gasteiger partial charge in [-0.25, -0.2) is 0 Å². The molecule has 1 aliphatic rings. The van der Waals surface area contributed by atoms with Crippen LogP contribution in [0.4, 0.5) is 0 Å². The number of halogens is 1. The molecule has 1 saturated carbocycles. The number of hydrogen-bond acceptors (Lipinski definition) is 4. The fourth-order valence-electron chi connectivity index (χ4n) is 3.07. The zero-order valence-electron chi connectivity index (χ0n) is 14.6. The number of carbonyl (C=O) groups excluding carboxylic acids is 1. The zero-order valence-corrected chi connectivity index (χ0v) is 17.0. The molecule has 0 spiro atoms. The second kappa shape index (κ2) is 9.56. The summed E-state index contributed by atoms with van der Waals surface area (Å²) in [4.78, 5) is 12.2. The summed E-state index contributed by atoms with van der Waals surface area (Å²) < 4.78 is 11.6. The molecule has 134 valence electrons. The molecule has 6 heteroatoms. The first-order valence-electron chi connectivity index (χ1n) is 8.32. The lowest BCUT2D eigenvalue weighted by molar-refractivity contribution is -0.119. The first-order valence-corrected chi connectivity index (χ1v) is 10.3. The average Bonchev–Trinajstić information content (AvgIpc) is 2.57. The molecule has 1 aliphatic carbocycles. The molecule has 2 atom stereocenters. The van der Waals surface area contributed by atoms with Gasteiger partial charge in [-0.2, -0.15) is 0 Å². The monoisotopic (exact) mass is 415 g/mol. The lowest BCUT2D eigenvalue weighted by Crippen LogP contribution is -2.41. The third-order valence-corrected chi connectivity index (χ3v) is 6.10. The van der Waals surface area contributed by atoms with Crippen LogP contribution in [0.25, 0.3) is 0 Å². The van der Waals surface area contributed by atoms with Crippen molar-refractivity contribution in [2.24, 2.45) is 5.92 Å². The standard InChI is InChI=1S/C18H26BrNO3S/c1-12-6-4-5-7-15(12)20-18(21)11-24-10-13-8-17(23-3)14(19)9-16(13)22-2/h8-9,12,15H,4-7,10-11H2,1-3H3,(H,20,21). The lowest BCUT2D eigenvalue weighted by atomic mass is 9.86. The fraction of sp³-hybridized carbons (Fsp3) is 0.611. The van der Waals surface area contributed by atoms with Crippen molar-refractivity contribution in [1.82, 2.24) is 5.32 Å². The van der Waals surface area contributed by atoms with Gasteiger partial charge < -0.3 is 14.8 Å². The van der Waals surface area contributed by atoms with Crippen LogP contribution in [0.1, 0.15) is 38.2 Å². The number of thioether (sulfide) groups is 1. The van der Waals surface area contributed by atoms with E-state index in [9.17, 15) is 4.79 Å². The maximum absolute atomic E-state index is 12.2. The molecule has 1 aromatic rings. The van der Waals surface area contributed by atoms with Gasteiger partial charge in [0, 0.05) is 17.4 Å². The quantitative estimate of drug-likeness (QED) is 0.716. The molecule has 0 aromatic heterocycles. The number of hydrogen-bond donors (Lipinski definition) is 1. The van der Waals surface area contributed by atoms with Crippen LogP contribution in [0.2, 0.25) is 0 Å². The van der Waals surface area contributed by atoms with Gasteiger partial charge in [0.2, 0.25) is 5.91 Å². The third kappa shape index (κ3) is 5.31. The summed E-state index contributed by atoms with van der Waals surface area (Å²) in [5.74, 6) is 3.46. The molecule has 1 N–H and O–H groups in total. The smallest absolute Gasteiger partial charge is 0.230 e. The predicted octanol–water partition coefficient (Wildman–Crippen LogP) is 4.39. The number of rotatable bonds is 7. The number of benzene rings is 1. The summed E-state index contributed by atoms with van der Waals surface area (Å²) in [6.07, 6.45) is 4.83. The largest absolute Gasteiger partial charge is 0.496 e. The summed E-state index contributed by atoms with van der Waals surface area (Å²) in [5.41, 5.74) is 1.03. The molecular formula is C18H26BrNO3S. The van der Waals surface area contributed by atoms with Crippen LogP contribution in [0, 0.1) is 5.92 Å². The molecule has 0 heterocycles. The third-order valence-electron chi connectivity index (χ3n) is 4.50. The summed E-state index contributed by atoms with van der Waals surface area (Å²) in [7, 11) is 3.29. The van der Waals surface area contributed by atoms with Crippen LogP contribution in [0.3, 0.4) is 0 Å². The minimum absolute atomic E-state index is 0.127. The highest BCUT2D eigenvalue weighted by Gasteiger charge is 2.22. The van der Waals surface area contributed by atoms with Gasteiger partial charge in [0.05, 0.1) is 24.4 Å². The van der Waals surface area contributed by atoms with Crippen molar-refractivity contribution in [3.8, 4) is 11.5 Å². The van der Waals surface area contributed by atoms with Crippen LogP contribution in [-0.2, 0) is 10.5 Å². The number of methoxy groups -OCH3 is 2.